The SMILES string of the molecule is CCCCCCCCCCCCCCc1ccc(Oc2ccc(CCCCCCCCCCCCCC)cc2CCCCCCCCCCCCCC)cc1. The van der Waals surface area contributed by atoms with Crippen LogP contribution in [0.25, 0.3) is 0 Å². The Kier molecular flexibility index (Phi) is 33.9. The summed E-state index contributed by atoms with van der Waals surface area (Å²) in [6, 6.07) is 16.2. The minimum atomic E-state index is 0.989. The summed E-state index contributed by atoms with van der Waals surface area (Å²) < 4.78 is 6.61. The van der Waals surface area contributed by atoms with E-state index in [-0.39, 0.29) is 0 Å². The molecule has 0 aliphatic rings. The van der Waals surface area contributed by atoms with Crippen LogP contribution < -0.4 is 4.74 Å². The quantitative estimate of drug-likeness (QED) is 0.0614. The standard InChI is InChI=1S/C54H94O/c1-4-7-10-13-16-19-22-25-28-31-34-37-40-50-43-46-53(47-44-50)55-54-48-45-51(41-38-35-32-29-26-23-20-17-14-11-8-5-2)49-52(54)42-39-36-33-30-27-24-21-18-15-12-9-6-3/h43-49H,4-42H2,1-3H3. The topological polar surface area (TPSA) is 9.23 Å². The lowest BCUT2D eigenvalue weighted by atomic mass is 9.98. The summed E-state index contributed by atoms with van der Waals surface area (Å²) in [6.07, 6.45) is 54.2. The second kappa shape index (κ2) is 37.8. The van der Waals surface area contributed by atoms with Crippen molar-refractivity contribution in [3.05, 3.63) is 59.2 Å². The molecule has 55 heavy (non-hydrogen) atoms. The van der Waals surface area contributed by atoms with Gasteiger partial charge in [0.05, 0.1) is 0 Å². The van der Waals surface area contributed by atoms with Crippen LogP contribution in [0.15, 0.2) is 42.5 Å². The minimum absolute atomic E-state index is 0.989. The van der Waals surface area contributed by atoms with Gasteiger partial charge in [-0.05, 0) is 73.4 Å². The largest absolute Gasteiger partial charge is 0.457 e. The Morgan fingerprint density at radius 3 is 0.945 bits per heavy atom. The van der Waals surface area contributed by atoms with Crippen LogP contribution in [-0.4, -0.2) is 0 Å². The summed E-state index contributed by atoms with van der Waals surface area (Å²) in [5.74, 6) is 2.07. The Labute approximate surface area is 345 Å². The van der Waals surface area contributed by atoms with Crippen molar-refractivity contribution >= 4 is 0 Å². The van der Waals surface area contributed by atoms with Crippen LogP contribution in [0.4, 0.5) is 0 Å². The molecule has 0 atom stereocenters. The molecule has 0 spiro atoms. The van der Waals surface area contributed by atoms with Gasteiger partial charge in [-0.25, -0.2) is 0 Å². The maximum atomic E-state index is 6.61. The average Bonchev–Trinajstić information content (AvgIpc) is 3.20. The third-order valence-electron chi connectivity index (χ3n) is 12.2. The highest BCUT2D eigenvalue weighted by molar-refractivity contribution is 5.41. The van der Waals surface area contributed by atoms with Crippen molar-refractivity contribution in [1.82, 2.24) is 0 Å². The number of ether oxygens (including phenoxy) is 1. The summed E-state index contributed by atoms with van der Waals surface area (Å²) in [4.78, 5) is 0. The number of rotatable bonds is 41. The van der Waals surface area contributed by atoms with E-state index in [1.807, 2.05) is 0 Å². The second-order valence-electron chi connectivity index (χ2n) is 17.6. The van der Waals surface area contributed by atoms with Gasteiger partial charge in [-0.15, -0.1) is 0 Å². The molecule has 1 heteroatoms. The normalized spacial score (nSPS) is 11.5. The van der Waals surface area contributed by atoms with E-state index >= 15 is 0 Å². The Bertz CT molecular complexity index is 1070. The average molecular weight is 759 g/mol. The first-order valence-corrected chi connectivity index (χ1v) is 25.1. The van der Waals surface area contributed by atoms with Crippen LogP contribution in [0.1, 0.15) is 269 Å². The van der Waals surface area contributed by atoms with E-state index in [0.717, 1.165) is 17.9 Å². The molecule has 0 fully saturated rings. The predicted octanol–water partition coefficient (Wildman–Crippen LogP) is 19.2. The third kappa shape index (κ3) is 29.2. The molecule has 0 saturated carbocycles. The van der Waals surface area contributed by atoms with E-state index in [1.54, 1.807) is 0 Å². The number of unbranched alkanes of at least 4 members (excludes halogenated alkanes) is 33. The molecule has 0 heterocycles. The van der Waals surface area contributed by atoms with Crippen molar-refractivity contribution in [3.63, 3.8) is 0 Å². The number of aryl methyl sites for hydroxylation is 3. The van der Waals surface area contributed by atoms with Crippen LogP contribution >= 0.6 is 0 Å². The molecule has 0 N–H and O–H groups in total. The first kappa shape index (κ1) is 49.4. The summed E-state index contributed by atoms with van der Waals surface area (Å²) in [5, 5.41) is 0. The number of hydrogen-bond acceptors (Lipinski definition) is 1. The lowest BCUT2D eigenvalue weighted by molar-refractivity contribution is 0.473. The number of hydrogen-bond donors (Lipinski definition) is 0. The minimum Gasteiger partial charge on any atom is -0.457 e. The van der Waals surface area contributed by atoms with Gasteiger partial charge in [0.2, 0.25) is 0 Å². The van der Waals surface area contributed by atoms with Crippen molar-refractivity contribution < 1.29 is 4.74 Å². The summed E-state index contributed by atoms with van der Waals surface area (Å²) in [6.45, 7) is 6.92. The molecule has 1 nitrogen and oxygen atoms in total. The molecule has 0 unspecified atom stereocenters. The molecule has 0 amide bonds. The monoisotopic (exact) mass is 759 g/mol. The van der Waals surface area contributed by atoms with Gasteiger partial charge in [-0.1, -0.05) is 257 Å². The van der Waals surface area contributed by atoms with E-state index < -0.39 is 0 Å². The van der Waals surface area contributed by atoms with Gasteiger partial charge >= 0.3 is 0 Å². The van der Waals surface area contributed by atoms with Crippen LogP contribution in [0.5, 0.6) is 11.5 Å². The van der Waals surface area contributed by atoms with Crippen molar-refractivity contribution in [2.24, 2.45) is 0 Å². The molecule has 0 radical (unpaired) electrons. The Balaban J connectivity index is 1.73. The zero-order valence-corrected chi connectivity index (χ0v) is 37.5. The molecule has 0 saturated heterocycles. The van der Waals surface area contributed by atoms with E-state index in [0.29, 0.717) is 0 Å². The fourth-order valence-corrected chi connectivity index (χ4v) is 8.43. The van der Waals surface area contributed by atoms with Gasteiger partial charge in [0.1, 0.15) is 11.5 Å². The Morgan fingerprint density at radius 1 is 0.291 bits per heavy atom. The highest BCUT2D eigenvalue weighted by Gasteiger charge is 2.09. The summed E-state index contributed by atoms with van der Waals surface area (Å²) in [7, 11) is 0. The molecule has 0 aromatic heterocycles. The molecule has 0 aliphatic carbocycles. The van der Waals surface area contributed by atoms with Crippen LogP contribution in [0.2, 0.25) is 0 Å². The van der Waals surface area contributed by atoms with Crippen molar-refractivity contribution in [2.75, 3.05) is 0 Å². The Hall–Kier alpha value is -1.76. The summed E-state index contributed by atoms with van der Waals surface area (Å²) >= 11 is 0. The lowest BCUT2D eigenvalue weighted by Gasteiger charge is -2.14. The van der Waals surface area contributed by atoms with Gasteiger partial charge in [0, 0.05) is 0 Å². The Morgan fingerprint density at radius 2 is 0.582 bits per heavy atom. The van der Waals surface area contributed by atoms with Gasteiger partial charge < -0.3 is 4.74 Å². The number of benzene rings is 2. The zero-order valence-electron chi connectivity index (χ0n) is 37.5. The second-order valence-corrected chi connectivity index (χ2v) is 17.6. The van der Waals surface area contributed by atoms with Crippen molar-refractivity contribution in [3.8, 4) is 11.5 Å². The van der Waals surface area contributed by atoms with Gasteiger partial charge in [-0.2, -0.15) is 0 Å². The van der Waals surface area contributed by atoms with Crippen LogP contribution in [0.3, 0.4) is 0 Å². The van der Waals surface area contributed by atoms with Gasteiger partial charge in [0.15, 0.2) is 0 Å². The van der Waals surface area contributed by atoms with E-state index in [4.69, 9.17) is 4.74 Å². The van der Waals surface area contributed by atoms with Gasteiger partial charge in [0.25, 0.3) is 0 Å². The zero-order chi connectivity index (χ0) is 39.1. The van der Waals surface area contributed by atoms with Crippen LogP contribution in [-0.2, 0) is 19.3 Å². The maximum absolute atomic E-state index is 6.61. The van der Waals surface area contributed by atoms with Crippen molar-refractivity contribution in [2.45, 2.75) is 271 Å². The maximum Gasteiger partial charge on any atom is 0.130 e. The molecule has 2 aromatic carbocycles. The van der Waals surface area contributed by atoms with Crippen LogP contribution in [0, 0.1) is 0 Å². The molecular weight excluding hydrogens is 665 g/mol. The highest BCUT2D eigenvalue weighted by Crippen LogP contribution is 2.29. The molecule has 0 bridgehead atoms. The third-order valence-corrected chi connectivity index (χ3v) is 12.2. The first-order chi connectivity index (χ1) is 27.3. The first-order valence-electron chi connectivity index (χ1n) is 25.1. The summed E-state index contributed by atoms with van der Waals surface area (Å²) in [5.41, 5.74) is 4.38. The molecule has 316 valence electrons. The molecular formula is C54H94O. The molecule has 0 aliphatic heterocycles. The fraction of sp³-hybridized carbons (Fsp3) is 0.778. The fourth-order valence-electron chi connectivity index (χ4n) is 8.43. The van der Waals surface area contributed by atoms with Gasteiger partial charge in [-0.3, -0.25) is 0 Å². The van der Waals surface area contributed by atoms with Crippen molar-refractivity contribution in [1.29, 1.82) is 0 Å². The predicted molar refractivity (Wildman–Crippen MR) is 247 cm³/mol. The lowest BCUT2D eigenvalue weighted by Crippen LogP contribution is -1.96. The van der Waals surface area contributed by atoms with E-state index in [1.165, 1.54) is 261 Å². The van der Waals surface area contributed by atoms with E-state index in [2.05, 4.69) is 63.2 Å². The smallest absolute Gasteiger partial charge is 0.130 e. The molecule has 2 rings (SSSR count). The highest BCUT2D eigenvalue weighted by atomic mass is 16.5. The molecule has 2 aromatic rings. The van der Waals surface area contributed by atoms with E-state index in [9.17, 15) is 0 Å².